The van der Waals surface area contributed by atoms with Crippen molar-refractivity contribution in [3.8, 4) is 40.0 Å². The van der Waals surface area contributed by atoms with Crippen LogP contribution in [0, 0.1) is 0 Å². The van der Waals surface area contributed by atoms with Crippen LogP contribution in [0.2, 0.25) is 0 Å². The Morgan fingerprint density at radius 3 is 2.34 bits per heavy atom. The summed E-state index contributed by atoms with van der Waals surface area (Å²) in [5.74, 6) is 1.41. The second kappa shape index (κ2) is 10.1. The summed E-state index contributed by atoms with van der Waals surface area (Å²) in [5, 5.41) is 26.1. The van der Waals surface area contributed by atoms with Crippen LogP contribution in [0.25, 0.3) is 11.3 Å². The van der Waals surface area contributed by atoms with Crippen LogP contribution in [0.15, 0.2) is 58.0 Å². The zero-order chi connectivity index (χ0) is 23.3. The number of hydrogen-bond acceptors (Lipinski definition) is 8. The Morgan fingerprint density at radius 1 is 1.09 bits per heavy atom. The second-order valence-corrected chi connectivity index (χ2v) is 7.73. The maximum absolute atomic E-state index is 10.1. The molecule has 0 spiro atoms. The molecule has 0 amide bonds. The number of thiazole rings is 1. The molecule has 0 saturated carbocycles. The van der Waals surface area contributed by atoms with Gasteiger partial charge in [-0.3, -0.25) is 4.99 Å². The molecule has 0 aliphatic heterocycles. The fourth-order valence-corrected chi connectivity index (χ4v) is 3.75. The molecule has 9 heteroatoms. The van der Waals surface area contributed by atoms with Crippen molar-refractivity contribution in [2.45, 2.75) is 6.92 Å². The zero-order valence-electron chi connectivity index (χ0n) is 18.3. The molecular formula is C23H25N3O5S. The van der Waals surface area contributed by atoms with Gasteiger partial charge in [-0.2, -0.15) is 5.10 Å². The van der Waals surface area contributed by atoms with Gasteiger partial charge in [0.05, 0.1) is 39.8 Å². The fourth-order valence-electron chi connectivity index (χ4n) is 2.91. The van der Waals surface area contributed by atoms with E-state index in [1.54, 1.807) is 32.1 Å². The first-order valence-electron chi connectivity index (χ1n) is 9.60. The first kappa shape index (κ1) is 23.0. The van der Waals surface area contributed by atoms with E-state index in [2.05, 4.69) is 16.7 Å². The number of phenols is 2. The predicted octanol–water partition coefficient (Wildman–Crippen LogP) is 4.01. The largest absolute Gasteiger partial charge is 0.508 e. The minimum Gasteiger partial charge on any atom is -0.508 e. The van der Waals surface area contributed by atoms with Crippen LogP contribution in [-0.2, 0) is 0 Å². The lowest BCUT2D eigenvalue weighted by Crippen LogP contribution is -2.13. The van der Waals surface area contributed by atoms with Crippen LogP contribution in [-0.4, -0.2) is 49.0 Å². The highest BCUT2D eigenvalue weighted by Gasteiger charge is 2.17. The molecule has 168 valence electrons. The molecule has 0 atom stereocenters. The average molecular weight is 456 g/mol. The van der Waals surface area contributed by atoms with Crippen LogP contribution in [0.3, 0.4) is 0 Å². The van der Waals surface area contributed by atoms with Gasteiger partial charge in [0.25, 0.3) is 0 Å². The number of aromatic hydroxyl groups is 2. The van der Waals surface area contributed by atoms with E-state index in [0.29, 0.717) is 34.2 Å². The third kappa shape index (κ3) is 4.94. The summed E-state index contributed by atoms with van der Waals surface area (Å²) in [4.78, 5) is 5.24. The molecule has 0 fully saturated rings. The summed E-state index contributed by atoms with van der Waals surface area (Å²) in [6.07, 6.45) is 1.50. The van der Waals surface area contributed by atoms with Gasteiger partial charge in [0, 0.05) is 22.6 Å². The lowest BCUT2D eigenvalue weighted by molar-refractivity contribution is 0.324. The Labute approximate surface area is 190 Å². The summed E-state index contributed by atoms with van der Waals surface area (Å²) >= 11 is 1.42. The van der Waals surface area contributed by atoms with Crippen LogP contribution >= 0.6 is 11.3 Å². The van der Waals surface area contributed by atoms with E-state index in [4.69, 9.17) is 14.2 Å². The summed E-state index contributed by atoms with van der Waals surface area (Å²) in [6.45, 7) is 6.26. The van der Waals surface area contributed by atoms with E-state index >= 15 is 0 Å². The van der Waals surface area contributed by atoms with Gasteiger partial charge in [0.2, 0.25) is 10.6 Å². The Balaban J connectivity index is 2.18. The molecule has 1 heterocycles. The Kier molecular flexibility index (Phi) is 7.21. The van der Waals surface area contributed by atoms with Gasteiger partial charge in [-0.05, 0) is 31.2 Å². The molecule has 3 rings (SSSR count). The number of ether oxygens (including phenoxy) is 3. The normalized spacial score (nSPS) is 11.7. The van der Waals surface area contributed by atoms with Gasteiger partial charge in [-0.1, -0.05) is 12.2 Å². The van der Waals surface area contributed by atoms with E-state index in [1.807, 2.05) is 24.4 Å². The smallest absolute Gasteiger partial charge is 0.206 e. The van der Waals surface area contributed by atoms with Gasteiger partial charge in [-0.25, -0.2) is 4.68 Å². The van der Waals surface area contributed by atoms with Crippen molar-refractivity contribution in [1.29, 1.82) is 0 Å². The third-order valence-electron chi connectivity index (χ3n) is 4.46. The molecule has 32 heavy (non-hydrogen) atoms. The predicted molar refractivity (Wildman–Crippen MR) is 125 cm³/mol. The lowest BCUT2D eigenvalue weighted by atomic mass is 10.1. The maximum atomic E-state index is 10.1. The maximum Gasteiger partial charge on any atom is 0.206 e. The minimum atomic E-state index is -0.0839. The van der Waals surface area contributed by atoms with Gasteiger partial charge in [0.1, 0.15) is 11.5 Å². The molecule has 8 nitrogen and oxygen atoms in total. The molecule has 0 aliphatic rings. The quantitative estimate of drug-likeness (QED) is 0.395. The molecule has 0 bridgehead atoms. The third-order valence-corrected chi connectivity index (χ3v) is 5.31. The van der Waals surface area contributed by atoms with Crippen molar-refractivity contribution in [2.24, 2.45) is 10.1 Å². The van der Waals surface area contributed by atoms with E-state index in [1.165, 1.54) is 29.7 Å². The first-order valence-corrected chi connectivity index (χ1v) is 10.5. The summed E-state index contributed by atoms with van der Waals surface area (Å²) in [7, 11) is 4.66. The Bertz CT molecular complexity index is 1200. The number of hydrogen-bond donors (Lipinski definition) is 2. The number of nitrogens with zero attached hydrogens (tertiary/aromatic N) is 3. The van der Waals surface area contributed by atoms with Crippen molar-refractivity contribution in [2.75, 3.05) is 27.9 Å². The summed E-state index contributed by atoms with van der Waals surface area (Å²) in [6, 6.07) is 7.97. The first-order chi connectivity index (χ1) is 15.4. The molecule has 0 radical (unpaired) electrons. The van der Waals surface area contributed by atoms with Gasteiger partial charge < -0.3 is 24.4 Å². The highest BCUT2D eigenvalue weighted by Crippen LogP contribution is 2.41. The van der Waals surface area contributed by atoms with Crippen molar-refractivity contribution in [3.05, 3.63) is 58.2 Å². The van der Waals surface area contributed by atoms with Crippen molar-refractivity contribution < 1.29 is 24.4 Å². The molecule has 0 unspecified atom stereocenters. The molecular weight excluding hydrogens is 430 g/mol. The fraction of sp³-hybridized carbons (Fsp3) is 0.217. The van der Waals surface area contributed by atoms with Crippen molar-refractivity contribution >= 4 is 17.6 Å². The molecule has 0 saturated heterocycles. The molecule has 0 aliphatic carbocycles. The SMILES string of the molecule is C=C(C)CN=c1scc(-c2cc(OC)c(OC)c(OC)c2)n1N=Cc1ccc(O)cc1O. The highest BCUT2D eigenvalue weighted by atomic mass is 32.1. The van der Waals surface area contributed by atoms with Crippen LogP contribution in [0.1, 0.15) is 12.5 Å². The average Bonchev–Trinajstić information content (AvgIpc) is 3.18. The van der Waals surface area contributed by atoms with E-state index in [9.17, 15) is 10.2 Å². The van der Waals surface area contributed by atoms with Crippen LogP contribution < -0.4 is 19.0 Å². The van der Waals surface area contributed by atoms with Gasteiger partial charge in [0.15, 0.2) is 11.5 Å². The second-order valence-electron chi connectivity index (χ2n) is 6.89. The number of methoxy groups -OCH3 is 3. The summed E-state index contributed by atoms with van der Waals surface area (Å²) < 4.78 is 18.0. The van der Waals surface area contributed by atoms with E-state index < -0.39 is 0 Å². The van der Waals surface area contributed by atoms with E-state index in [-0.39, 0.29) is 11.5 Å². The summed E-state index contributed by atoms with van der Waals surface area (Å²) in [5.41, 5.74) is 2.88. The topological polar surface area (TPSA) is 97.8 Å². The highest BCUT2D eigenvalue weighted by molar-refractivity contribution is 7.07. The van der Waals surface area contributed by atoms with Crippen molar-refractivity contribution in [3.63, 3.8) is 0 Å². The van der Waals surface area contributed by atoms with Crippen molar-refractivity contribution in [1.82, 2.24) is 4.68 Å². The molecule has 3 aromatic rings. The number of aromatic nitrogens is 1. The van der Waals surface area contributed by atoms with Gasteiger partial charge >= 0.3 is 0 Å². The molecule has 2 N–H and O–H groups in total. The molecule has 2 aromatic carbocycles. The standard InChI is InChI=1S/C23H25N3O5S/c1-14(2)11-24-23-26(25-12-15-6-7-17(27)10-19(15)28)18(13-32-23)16-8-20(29-3)22(31-5)21(9-16)30-4/h6-10,12-13,27-28H,1,11H2,2-5H3. The Hall–Kier alpha value is -3.72. The number of benzene rings is 2. The minimum absolute atomic E-state index is 0.0295. The van der Waals surface area contributed by atoms with Crippen LogP contribution in [0.4, 0.5) is 0 Å². The van der Waals surface area contributed by atoms with Gasteiger partial charge in [-0.15, -0.1) is 11.3 Å². The zero-order valence-corrected chi connectivity index (χ0v) is 19.1. The monoisotopic (exact) mass is 455 g/mol. The molecule has 1 aromatic heterocycles. The van der Waals surface area contributed by atoms with Crippen LogP contribution in [0.5, 0.6) is 28.7 Å². The van der Waals surface area contributed by atoms with E-state index in [0.717, 1.165) is 16.8 Å². The lowest BCUT2D eigenvalue weighted by Gasteiger charge is -2.14. The number of rotatable bonds is 8. The number of phenolic OH excluding ortho intramolecular Hbond substituents is 2. The Morgan fingerprint density at radius 2 is 1.78 bits per heavy atom.